The lowest BCUT2D eigenvalue weighted by atomic mass is 9.67. The largest absolute Gasteiger partial charge is 0.423 e. The number of benzene rings is 15. The highest BCUT2D eigenvalue weighted by atomic mass is 16.5. The van der Waals surface area contributed by atoms with E-state index in [1.54, 1.807) is 36.4 Å². The Balaban J connectivity index is 0.583. The van der Waals surface area contributed by atoms with E-state index in [4.69, 9.17) is 14.2 Å². The molecule has 0 fully saturated rings. The van der Waals surface area contributed by atoms with Crippen LogP contribution in [-0.2, 0) is 5.41 Å². The lowest BCUT2D eigenvalue weighted by Gasteiger charge is -2.35. The molecule has 3 heterocycles. The van der Waals surface area contributed by atoms with Crippen LogP contribution in [0.4, 0.5) is 0 Å². The number of esters is 3. The minimum absolute atomic E-state index is 0.381. The van der Waals surface area contributed by atoms with Crippen LogP contribution in [0.2, 0.25) is 0 Å². The monoisotopic (exact) mass is 1440 g/mol. The summed E-state index contributed by atoms with van der Waals surface area (Å²) in [6.45, 7) is 14.9. The second-order valence-electron chi connectivity index (χ2n) is 29.5. The molecule has 0 amide bonds. The number of carbonyl (C=O) groups is 3. The first-order chi connectivity index (χ1) is 54.1. The highest BCUT2D eigenvalue weighted by molar-refractivity contribution is 6.12. The van der Waals surface area contributed by atoms with Crippen molar-refractivity contribution in [1.29, 1.82) is 0 Å². The average molecular weight is 1440 g/mol. The summed E-state index contributed by atoms with van der Waals surface area (Å²) < 4.78 is 25.2. The van der Waals surface area contributed by atoms with E-state index in [-0.39, 0.29) is 0 Å². The molecular formula is C102H77N3O6. The van der Waals surface area contributed by atoms with Crippen LogP contribution in [0.3, 0.4) is 0 Å². The zero-order valence-corrected chi connectivity index (χ0v) is 62.7. The molecule has 0 N–H and O–H groups in total. The second-order valence-corrected chi connectivity index (χ2v) is 29.5. The van der Waals surface area contributed by atoms with Crippen LogP contribution in [0.15, 0.2) is 328 Å². The number of hydrogen-bond donors (Lipinski definition) is 0. The Hall–Kier alpha value is -13.9. The molecule has 111 heavy (non-hydrogen) atoms. The van der Waals surface area contributed by atoms with E-state index in [1.165, 1.54) is 65.7 Å². The van der Waals surface area contributed by atoms with Crippen LogP contribution in [0, 0.1) is 41.5 Å². The molecular weight excluding hydrogens is 1360 g/mol. The zero-order chi connectivity index (χ0) is 75.8. The number of hydrogen-bond acceptors (Lipinski definition) is 6. The molecule has 9 heteroatoms. The number of carbonyl (C=O) groups excluding carboxylic acids is 3. The Morgan fingerprint density at radius 2 is 0.432 bits per heavy atom. The number of fused-ring (bicyclic) bond motifs is 9. The van der Waals surface area contributed by atoms with Gasteiger partial charge in [0.05, 0.1) is 49.8 Å². The molecule has 0 saturated carbocycles. The van der Waals surface area contributed by atoms with Gasteiger partial charge in [-0.15, -0.1) is 0 Å². The maximum absolute atomic E-state index is 14.0. The van der Waals surface area contributed by atoms with Crippen molar-refractivity contribution >= 4 is 83.3 Å². The van der Waals surface area contributed by atoms with Gasteiger partial charge < -0.3 is 27.9 Å². The highest BCUT2D eigenvalue weighted by Crippen LogP contribution is 2.45. The number of rotatable bonds is 16. The predicted molar refractivity (Wildman–Crippen MR) is 451 cm³/mol. The predicted octanol–water partition coefficient (Wildman–Crippen LogP) is 25.2. The molecule has 0 unspecified atom stereocenters. The zero-order valence-electron chi connectivity index (χ0n) is 62.7. The summed E-state index contributed by atoms with van der Waals surface area (Å²) in [5.41, 5.74) is 26.7. The fourth-order valence-corrected chi connectivity index (χ4v) is 16.4. The Morgan fingerprint density at radius 3 is 0.622 bits per heavy atom. The third-order valence-electron chi connectivity index (χ3n) is 22.2. The van der Waals surface area contributed by atoms with Crippen molar-refractivity contribution in [2.24, 2.45) is 0 Å². The van der Waals surface area contributed by atoms with Crippen LogP contribution in [0.1, 0.15) is 94.5 Å². The van der Waals surface area contributed by atoms with Gasteiger partial charge in [0.1, 0.15) is 17.2 Å². The Morgan fingerprint density at radius 1 is 0.243 bits per heavy atom. The molecule has 0 aliphatic heterocycles. The Labute approximate surface area is 644 Å². The Kier molecular flexibility index (Phi) is 17.4. The maximum atomic E-state index is 14.0. The minimum Gasteiger partial charge on any atom is -0.423 e. The van der Waals surface area contributed by atoms with Gasteiger partial charge in [-0.05, 0) is 280 Å². The van der Waals surface area contributed by atoms with Gasteiger partial charge in [0.25, 0.3) is 0 Å². The lowest BCUT2D eigenvalue weighted by molar-refractivity contribution is 0.0725. The summed E-state index contributed by atoms with van der Waals surface area (Å²) in [6.07, 6.45) is 0.586. The van der Waals surface area contributed by atoms with Crippen LogP contribution < -0.4 is 14.2 Å². The van der Waals surface area contributed by atoms with Crippen molar-refractivity contribution in [2.75, 3.05) is 0 Å². The fraction of sp³-hybridized carbons (Fsp3) is 0.0882. The summed E-state index contributed by atoms with van der Waals surface area (Å²) in [5.74, 6) is -0.305. The van der Waals surface area contributed by atoms with E-state index in [2.05, 4.69) is 244 Å². The van der Waals surface area contributed by atoms with Gasteiger partial charge in [0.2, 0.25) is 0 Å². The van der Waals surface area contributed by atoms with Gasteiger partial charge in [-0.1, -0.05) is 186 Å². The first-order valence-electron chi connectivity index (χ1n) is 37.7. The number of aryl methyl sites for hydroxylation is 6. The van der Waals surface area contributed by atoms with Crippen molar-refractivity contribution in [3.63, 3.8) is 0 Å². The van der Waals surface area contributed by atoms with Crippen LogP contribution in [-0.4, -0.2) is 31.6 Å². The fourth-order valence-electron chi connectivity index (χ4n) is 16.4. The summed E-state index contributed by atoms with van der Waals surface area (Å²) in [6, 6.07) is 111. The van der Waals surface area contributed by atoms with Crippen molar-refractivity contribution in [2.45, 2.75) is 60.3 Å². The molecule has 0 radical (unpaired) electrons. The molecule has 3 aromatic heterocycles. The van der Waals surface area contributed by atoms with Gasteiger partial charge >= 0.3 is 17.9 Å². The Bertz CT molecular complexity index is 5860. The molecule has 9 nitrogen and oxygen atoms in total. The van der Waals surface area contributed by atoms with E-state index in [0.717, 1.165) is 100 Å². The first-order valence-corrected chi connectivity index (χ1v) is 37.7. The summed E-state index contributed by atoms with van der Waals surface area (Å²) in [7, 11) is 0. The molecule has 536 valence electrons. The van der Waals surface area contributed by atoms with Crippen LogP contribution in [0.5, 0.6) is 17.2 Å². The third kappa shape index (κ3) is 12.7. The van der Waals surface area contributed by atoms with Gasteiger partial charge in [-0.25, -0.2) is 14.4 Å². The standard InChI is InChI=1S/C102H77N3O6/c1-8-102(78-33-45-84(46-34-78)109-99(106)75-21-15-69(16-22-75)72-27-39-81(40-28-72)103-93-51-9-63(2)57-87(93)88-58-64(3)10-52-94(88)103,79-35-47-85(48-36-79)110-100(107)76-23-17-70(18-24-76)73-29-41-82(42-30-73)104-95-53-11-65(4)59-89(95)90-60-66(5)12-54-96(90)104)80-37-49-86(50-38-80)111-101(108)77-25-19-71(20-26-77)74-31-43-83(44-32-74)105-97-55-13-67(6)61-91(97)92-62-68(7)14-56-98(92)105/h9-62H,8H2,1-7H3. The lowest BCUT2D eigenvalue weighted by Crippen LogP contribution is -2.28. The molecule has 0 saturated heterocycles. The molecule has 0 spiro atoms. The maximum Gasteiger partial charge on any atom is 0.343 e. The molecule has 0 aliphatic carbocycles. The summed E-state index contributed by atoms with van der Waals surface area (Å²) >= 11 is 0. The van der Waals surface area contributed by atoms with E-state index in [1.807, 2.05) is 109 Å². The highest BCUT2D eigenvalue weighted by Gasteiger charge is 2.35. The molecule has 0 bridgehead atoms. The van der Waals surface area contributed by atoms with Crippen LogP contribution >= 0.6 is 0 Å². The van der Waals surface area contributed by atoms with Crippen LogP contribution in [0.25, 0.3) is 116 Å². The summed E-state index contributed by atoms with van der Waals surface area (Å²) in [5, 5.41) is 7.41. The van der Waals surface area contributed by atoms with Gasteiger partial charge in [0, 0.05) is 54.8 Å². The van der Waals surface area contributed by atoms with E-state index < -0.39 is 23.3 Å². The van der Waals surface area contributed by atoms with E-state index in [9.17, 15) is 14.4 Å². The SMILES string of the molecule is CCC(c1ccc(OC(=O)c2ccc(-c3ccc(-n4c5ccc(C)cc5c5cc(C)ccc54)cc3)cc2)cc1)(c1ccc(OC(=O)c2ccc(-c3ccc(-n4c5ccc(C)cc5c5cc(C)ccc54)cc3)cc2)cc1)c1ccc(OC(=O)c2ccc(-c3ccc(-n4c5ccc(C)cc5c5cc(C)ccc54)cc3)cc2)cc1. The normalized spacial score (nSPS) is 11.7. The van der Waals surface area contributed by atoms with E-state index in [0.29, 0.717) is 40.4 Å². The number of aromatic nitrogens is 3. The molecule has 18 aromatic rings. The molecule has 0 aliphatic rings. The smallest absolute Gasteiger partial charge is 0.343 e. The molecule has 0 atom stereocenters. The minimum atomic E-state index is -0.797. The van der Waals surface area contributed by atoms with Gasteiger partial charge in [0.15, 0.2) is 0 Å². The quantitative estimate of drug-likeness (QED) is 0.0543. The van der Waals surface area contributed by atoms with Crippen molar-refractivity contribution < 1.29 is 28.6 Å². The number of ether oxygens (including phenoxy) is 3. The summed E-state index contributed by atoms with van der Waals surface area (Å²) in [4.78, 5) is 41.9. The third-order valence-corrected chi connectivity index (χ3v) is 22.2. The van der Waals surface area contributed by atoms with Crippen molar-refractivity contribution in [3.05, 3.63) is 394 Å². The van der Waals surface area contributed by atoms with Gasteiger partial charge in [-0.3, -0.25) is 0 Å². The topological polar surface area (TPSA) is 93.7 Å². The molecule has 15 aromatic carbocycles. The van der Waals surface area contributed by atoms with E-state index >= 15 is 0 Å². The molecule has 18 rings (SSSR count). The van der Waals surface area contributed by atoms with Gasteiger partial charge in [-0.2, -0.15) is 0 Å². The first kappa shape index (κ1) is 68.9. The average Bonchev–Trinajstić information content (AvgIpc) is 1.46. The van der Waals surface area contributed by atoms with Crippen molar-refractivity contribution in [3.8, 4) is 67.7 Å². The second kappa shape index (κ2) is 28.0. The number of nitrogens with zero attached hydrogens (tertiary/aromatic N) is 3. The van der Waals surface area contributed by atoms with Crippen molar-refractivity contribution in [1.82, 2.24) is 13.7 Å².